The van der Waals surface area contributed by atoms with Crippen LogP contribution in [-0.2, 0) is 23.9 Å². The van der Waals surface area contributed by atoms with Gasteiger partial charge < -0.3 is 24.1 Å². The molecule has 5 rings (SSSR count). The van der Waals surface area contributed by atoms with Gasteiger partial charge in [0, 0.05) is 23.8 Å². The lowest BCUT2D eigenvalue weighted by Gasteiger charge is -2.65. The van der Waals surface area contributed by atoms with Crippen LogP contribution >= 0.6 is 0 Å². The van der Waals surface area contributed by atoms with Gasteiger partial charge in [0.1, 0.15) is 17.5 Å². The Morgan fingerprint density at radius 1 is 1.21 bits per heavy atom. The first-order valence-electron chi connectivity index (χ1n) is 12.1. The van der Waals surface area contributed by atoms with E-state index in [-0.39, 0.29) is 24.5 Å². The number of carbonyl (C=O) groups is 3. The number of aliphatic carboxylic acids is 1. The molecular formula is C26H34O8. The zero-order valence-corrected chi connectivity index (χ0v) is 20.4. The molecule has 2 aliphatic carbocycles. The first-order valence-corrected chi connectivity index (χ1v) is 12.1. The van der Waals surface area contributed by atoms with Crippen LogP contribution in [0, 0.1) is 28.1 Å². The molecule has 3 heterocycles. The fraction of sp³-hybridized carbons (Fsp3) is 0.731. The molecule has 8 unspecified atom stereocenters. The number of carbonyl (C=O) groups excluding carboxylic acids is 2. The summed E-state index contributed by atoms with van der Waals surface area (Å²) in [6, 6.07) is 1.78. The van der Waals surface area contributed by atoms with Crippen molar-refractivity contribution in [2.45, 2.75) is 90.1 Å². The third-order valence-electron chi connectivity index (χ3n) is 10.0. The van der Waals surface area contributed by atoms with Crippen LogP contribution in [0.15, 0.2) is 23.0 Å². The number of cyclic esters (lactones) is 1. The third-order valence-corrected chi connectivity index (χ3v) is 10.0. The number of fused-ring (bicyclic) bond motifs is 1. The lowest BCUT2D eigenvalue weighted by Crippen LogP contribution is -2.71. The summed E-state index contributed by atoms with van der Waals surface area (Å²) in [4.78, 5) is 38.7. The molecule has 4 aliphatic rings. The Morgan fingerprint density at radius 3 is 2.50 bits per heavy atom. The van der Waals surface area contributed by atoms with Gasteiger partial charge in [-0.15, -0.1) is 0 Å². The van der Waals surface area contributed by atoms with Crippen molar-refractivity contribution >= 4 is 17.7 Å². The molecule has 8 heteroatoms. The van der Waals surface area contributed by atoms with Crippen LogP contribution in [-0.4, -0.2) is 45.2 Å². The smallest absolute Gasteiger partial charge is 0.339 e. The predicted octanol–water partition coefficient (Wildman–Crippen LogP) is 3.67. The van der Waals surface area contributed by atoms with Gasteiger partial charge in [0.05, 0.1) is 23.5 Å². The van der Waals surface area contributed by atoms with Crippen LogP contribution in [0.2, 0.25) is 0 Å². The molecule has 34 heavy (non-hydrogen) atoms. The largest absolute Gasteiger partial charge is 0.481 e. The zero-order chi connectivity index (χ0) is 24.9. The van der Waals surface area contributed by atoms with Gasteiger partial charge in [0.25, 0.3) is 0 Å². The van der Waals surface area contributed by atoms with Crippen molar-refractivity contribution in [3.05, 3.63) is 24.2 Å². The molecule has 1 aromatic heterocycles. The summed E-state index contributed by atoms with van der Waals surface area (Å²) in [6.07, 6.45) is 3.29. The average Bonchev–Trinajstić information content (AvgIpc) is 3.31. The minimum atomic E-state index is -1.17. The Hall–Kier alpha value is -2.19. The number of hydrogen-bond donors (Lipinski definition) is 2. The molecule has 1 aromatic rings. The highest BCUT2D eigenvalue weighted by Crippen LogP contribution is 2.78. The predicted molar refractivity (Wildman–Crippen MR) is 118 cm³/mol. The lowest BCUT2D eigenvalue weighted by molar-refractivity contribution is -0.222. The maximum atomic E-state index is 14.1. The van der Waals surface area contributed by atoms with E-state index in [1.807, 2.05) is 20.8 Å². The average molecular weight is 475 g/mol. The van der Waals surface area contributed by atoms with Gasteiger partial charge in [-0.05, 0) is 63.4 Å². The van der Waals surface area contributed by atoms with Crippen LogP contribution < -0.4 is 0 Å². The Labute approximate surface area is 199 Å². The van der Waals surface area contributed by atoms with E-state index < -0.39 is 57.5 Å². The second-order valence-electron chi connectivity index (χ2n) is 12.1. The molecule has 0 radical (unpaired) electrons. The molecule has 4 fully saturated rings. The quantitative estimate of drug-likeness (QED) is 0.489. The normalized spacial score (nSPS) is 45.6. The molecule has 0 aromatic carbocycles. The van der Waals surface area contributed by atoms with E-state index in [9.17, 15) is 24.6 Å². The van der Waals surface area contributed by atoms with Crippen molar-refractivity contribution in [3.63, 3.8) is 0 Å². The fourth-order valence-electron chi connectivity index (χ4n) is 8.50. The van der Waals surface area contributed by atoms with Crippen molar-refractivity contribution in [2.24, 2.45) is 28.1 Å². The van der Waals surface area contributed by atoms with Crippen molar-refractivity contribution < 1.29 is 38.5 Å². The SMILES string of the molecule is CC(C)(O)C1CC(=O)C2(C)C(CCC3(C)C(c4ccoc4)OC(=O)C4OC432)C1(C)CCC(=O)O. The second kappa shape index (κ2) is 6.94. The summed E-state index contributed by atoms with van der Waals surface area (Å²) in [5.74, 6) is -2.09. The van der Waals surface area contributed by atoms with Crippen LogP contribution in [0.25, 0.3) is 0 Å². The van der Waals surface area contributed by atoms with Gasteiger partial charge in [0.15, 0.2) is 6.10 Å². The first kappa shape index (κ1) is 23.5. The molecule has 2 N–H and O–H groups in total. The fourth-order valence-corrected chi connectivity index (χ4v) is 8.50. The van der Waals surface area contributed by atoms with Crippen molar-refractivity contribution in [1.29, 1.82) is 0 Å². The van der Waals surface area contributed by atoms with E-state index in [4.69, 9.17) is 13.9 Å². The highest BCUT2D eigenvalue weighted by molar-refractivity contribution is 5.93. The van der Waals surface area contributed by atoms with Gasteiger partial charge in [-0.25, -0.2) is 4.79 Å². The Morgan fingerprint density at radius 2 is 1.91 bits per heavy atom. The van der Waals surface area contributed by atoms with Crippen LogP contribution in [0.5, 0.6) is 0 Å². The van der Waals surface area contributed by atoms with Gasteiger partial charge in [-0.3, -0.25) is 9.59 Å². The number of esters is 1. The monoisotopic (exact) mass is 474 g/mol. The van der Waals surface area contributed by atoms with E-state index in [2.05, 4.69) is 0 Å². The number of Topliss-reactive ketones (excluding diaryl/α,β-unsaturated/α-hetero) is 1. The van der Waals surface area contributed by atoms with Crippen LogP contribution in [0.4, 0.5) is 0 Å². The number of hydrogen-bond acceptors (Lipinski definition) is 7. The minimum Gasteiger partial charge on any atom is -0.481 e. The molecule has 1 spiro atoms. The molecule has 2 saturated heterocycles. The Balaban J connectivity index is 1.65. The standard InChI is InChI=1S/C26H34O8/c1-22(2,31)16-12-17(27)25(5)15(23(16,3)9-7-18(28)29)6-10-24(4)19(14-8-11-32-13-14)33-21(30)20-26(24,25)34-20/h8,11,13,15-16,19-20,31H,6-7,9-10,12H2,1-5H3,(H,28,29). The van der Waals surface area contributed by atoms with E-state index >= 15 is 0 Å². The molecule has 0 bridgehead atoms. The number of ketones is 1. The molecule has 2 aliphatic heterocycles. The summed E-state index contributed by atoms with van der Waals surface area (Å²) in [5.41, 5.74) is -3.81. The molecule has 8 atom stereocenters. The topological polar surface area (TPSA) is 127 Å². The number of carboxylic acids is 1. The summed E-state index contributed by atoms with van der Waals surface area (Å²) in [5, 5.41) is 20.6. The number of carboxylic acid groups (broad SMARTS) is 1. The van der Waals surface area contributed by atoms with E-state index in [1.54, 1.807) is 26.2 Å². The third kappa shape index (κ3) is 2.70. The lowest BCUT2D eigenvalue weighted by atomic mass is 9.37. The summed E-state index contributed by atoms with van der Waals surface area (Å²) in [6.45, 7) is 9.34. The molecule has 2 saturated carbocycles. The van der Waals surface area contributed by atoms with Crippen LogP contribution in [0.1, 0.15) is 78.4 Å². The number of ether oxygens (including phenoxy) is 2. The minimum absolute atomic E-state index is 0.0357. The van der Waals surface area contributed by atoms with Crippen molar-refractivity contribution in [2.75, 3.05) is 0 Å². The number of rotatable bonds is 5. The molecule has 0 amide bonds. The number of epoxide rings is 1. The maximum absolute atomic E-state index is 14.1. The van der Waals surface area contributed by atoms with Crippen molar-refractivity contribution in [1.82, 2.24) is 0 Å². The summed E-state index contributed by atoms with van der Waals surface area (Å²) in [7, 11) is 0. The van der Waals surface area contributed by atoms with E-state index in [0.717, 1.165) is 5.56 Å². The summed E-state index contributed by atoms with van der Waals surface area (Å²) < 4.78 is 17.4. The summed E-state index contributed by atoms with van der Waals surface area (Å²) >= 11 is 0. The molecule has 186 valence electrons. The van der Waals surface area contributed by atoms with Gasteiger partial charge in [-0.2, -0.15) is 0 Å². The molecular weight excluding hydrogens is 440 g/mol. The Bertz CT molecular complexity index is 1040. The number of aliphatic hydroxyl groups is 1. The van der Waals surface area contributed by atoms with Crippen molar-refractivity contribution in [3.8, 4) is 0 Å². The number of furan rings is 1. The van der Waals surface area contributed by atoms with Crippen LogP contribution in [0.3, 0.4) is 0 Å². The molecule has 8 nitrogen and oxygen atoms in total. The second-order valence-corrected chi connectivity index (χ2v) is 12.1. The highest BCUT2D eigenvalue weighted by Gasteiger charge is 2.88. The van der Waals surface area contributed by atoms with Gasteiger partial charge in [-0.1, -0.05) is 13.8 Å². The highest BCUT2D eigenvalue weighted by atomic mass is 16.7. The van der Waals surface area contributed by atoms with E-state index in [0.29, 0.717) is 19.3 Å². The van der Waals surface area contributed by atoms with Gasteiger partial charge >= 0.3 is 11.9 Å². The first-order chi connectivity index (χ1) is 15.7. The zero-order valence-electron chi connectivity index (χ0n) is 20.4. The Kier molecular flexibility index (Phi) is 4.81. The maximum Gasteiger partial charge on any atom is 0.339 e. The van der Waals surface area contributed by atoms with E-state index in [1.165, 1.54) is 6.26 Å². The van der Waals surface area contributed by atoms with Gasteiger partial charge in [0.2, 0.25) is 0 Å².